The van der Waals surface area contributed by atoms with Gasteiger partial charge < -0.3 is 3.79 Å². The normalized spacial score (nSPS) is 11.4. The van der Waals surface area contributed by atoms with Crippen LogP contribution in [0.5, 0.6) is 5.75 Å². The van der Waals surface area contributed by atoms with Gasteiger partial charge in [-0.15, -0.1) is 9.24 Å². The lowest BCUT2D eigenvalue weighted by Gasteiger charge is -2.29. The number of hydrogen-bond acceptors (Lipinski definition) is 2. The van der Waals surface area contributed by atoms with Gasteiger partial charge in [-0.25, -0.2) is 0 Å². The lowest BCUT2D eigenvalue weighted by atomic mass is 9.79. The molecule has 0 aliphatic rings. The minimum absolute atomic E-state index is 0.280. The van der Waals surface area contributed by atoms with E-state index in [9.17, 15) is 0 Å². The molecule has 2 rings (SSSR count). The first kappa shape index (κ1) is 16.5. The van der Waals surface area contributed by atoms with Gasteiger partial charge in [-0.3, -0.25) is 4.98 Å². The first-order valence-corrected chi connectivity index (χ1v) is 8.21. The monoisotopic (exact) mass is 311 g/mol. The first-order valence-electron chi connectivity index (χ1n) is 6.93. The van der Waals surface area contributed by atoms with Crippen LogP contribution in [0.15, 0.2) is 36.4 Å². The van der Waals surface area contributed by atoms with Gasteiger partial charge in [-0.2, -0.15) is 0 Å². The molecule has 4 heteroatoms. The van der Waals surface area contributed by atoms with Crippen LogP contribution in [0.4, 0.5) is 0 Å². The van der Waals surface area contributed by atoms with Gasteiger partial charge in [0.1, 0.15) is 0 Å². The zero-order valence-corrected chi connectivity index (χ0v) is 14.8. The van der Waals surface area contributed by atoms with E-state index < -0.39 is 0 Å². The van der Waals surface area contributed by atoms with E-state index in [1.165, 1.54) is 5.56 Å². The lowest BCUT2D eigenvalue weighted by molar-refractivity contribution is 0.544. The Morgan fingerprint density at radius 3 is 2.57 bits per heavy atom. The summed E-state index contributed by atoms with van der Waals surface area (Å²) >= 11 is 2.36. The van der Waals surface area contributed by atoms with Crippen LogP contribution in [0.1, 0.15) is 36.4 Å². The molecule has 0 fully saturated rings. The first-order chi connectivity index (χ1) is 10.0. The second kappa shape index (κ2) is 6.93. The topological polar surface area (TPSA) is 22.1 Å². The van der Waals surface area contributed by atoms with Gasteiger partial charge in [0.25, 0.3) is 0 Å². The maximum absolute atomic E-state index is 5.83. The van der Waals surface area contributed by atoms with Crippen molar-refractivity contribution in [3.05, 3.63) is 65.8 Å². The van der Waals surface area contributed by atoms with Crippen LogP contribution in [0, 0.1) is 6.92 Å². The molecule has 0 saturated carbocycles. The van der Waals surface area contributed by atoms with Crippen LogP contribution in [-0.4, -0.2) is 27.8 Å². The summed E-state index contributed by atoms with van der Waals surface area (Å²) in [6.45, 7) is 10.1. The summed E-state index contributed by atoms with van der Waals surface area (Å²) in [6, 6.07) is 12.0. The van der Waals surface area contributed by atoms with E-state index in [4.69, 9.17) is 10.7 Å². The molecule has 1 heterocycles. The largest absolute Gasteiger partial charge is 0.653 e. The molecule has 1 aromatic carbocycles. The molecule has 4 radical (unpaired) electrons. The van der Waals surface area contributed by atoms with Gasteiger partial charge in [0, 0.05) is 23.6 Å². The highest BCUT2D eigenvalue weighted by Crippen LogP contribution is 2.38. The Labute approximate surface area is 138 Å². The summed E-state index contributed by atoms with van der Waals surface area (Å²) in [6.07, 6.45) is 1.96. The molecule has 2 nitrogen and oxygen atoms in total. The SMILES string of the molecule is [CH]c1cccc(C(C)(C)c2cccc(CCP)c2[O][Al])n1. The van der Waals surface area contributed by atoms with Crippen LogP contribution < -0.4 is 3.79 Å². The standard InChI is InChI=1S/C17H20NOP.Al/c1-12-6-4-9-15(18-12)17(2,3)14-8-5-7-13(10-11-20)16(14)19;/h1,4-9,19H,10-11,20H2,2-3H3;/q;+1/p-1. The number of pyridine rings is 1. The molecule has 0 N–H and O–H groups in total. The fraction of sp³-hybridized carbons (Fsp3) is 0.294. The van der Waals surface area contributed by atoms with Gasteiger partial charge in [-0.1, -0.05) is 38.1 Å². The van der Waals surface area contributed by atoms with Crippen molar-refractivity contribution in [2.75, 3.05) is 6.16 Å². The van der Waals surface area contributed by atoms with E-state index in [2.05, 4.69) is 62.9 Å². The number of para-hydroxylation sites is 1. The highest BCUT2D eigenvalue weighted by molar-refractivity contribution is 7.16. The third-order valence-electron chi connectivity index (χ3n) is 3.71. The molecule has 0 spiro atoms. The second-order valence-electron chi connectivity index (χ2n) is 5.52. The zero-order chi connectivity index (χ0) is 15.5. The minimum Gasteiger partial charge on any atom is -0.653 e. The van der Waals surface area contributed by atoms with Gasteiger partial charge in [0.15, 0.2) is 0 Å². The van der Waals surface area contributed by atoms with Crippen molar-refractivity contribution in [2.45, 2.75) is 25.7 Å². The fourth-order valence-electron chi connectivity index (χ4n) is 2.51. The third kappa shape index (κ3) is 3.49. The Bertz CT molecular complexity index is 628. The van der Waals surface area contributed by atoms with E-state index in [-0.39, 0.29) is 5.41 Å². The van der Waals surface area contributed by atoms with E-state index >= 15 is 0 Å². The summed E-state index contributed by atoms with van der Waals surface area (Å²) in [4.78, 5) is 4.48. The number of rotatable bonds is 5. The molecule has 21 heavy (non-hydrogen) atoms. The van der Waals surface area contributed by atoms with Crippen molar-refractivity contribution < 1.29 is 3.79 Å². The maximum Gasteiger partial charge on any atom is 0.482 e. The summed E-state index contributed by atoms with van der Waals surface area (Å²) < 4.78 is 5.62. The van der Waals surface area contributed by atoms with Crippen LogP contribution in [0.3, 0.4) is 0 Å². The smallest absolute Gasteiger partial charge is 0.482 e. The van der Waals surface area contributed by atoms with Crippen LogP contribution in [-0.2, 0) is 11.8 Å². The molecule has 1 aromatic heterocycles. The van der Waals surface area contributed by atoms with Crippen LogP contribution in [0.25, 0.3) is 0 Å². The zero-order valence-electron chi connectivity index (χ0n) is 12.5. The van der Waals surface area contributed by atoms with Crippen molar-refractivity contribution in [3.63, 3.8) is 0 Å². The number of nitrogens with zero attached hydrogens (tertiary/aromatic N) is 1. The Kier molecular flexibility index (Phi) is 5.44. The molecule has 1 atom stereocenters. The third-order valence-corrected chi connectivity index (χ3v) is 4.24. The van der Waals surface area contributed by atoms with Gasteiger partial charge in [0.05, 0.1) is 11.4 Å². The molecule has 1 unspecified atom stereocenters. The van der Waals surface area contributed by atoms with Gasteiger partial charge in [0.2, 0.25) is 0 Å². The average molecular weight is 311 g/mol. The Hall–Kier alpha value is -0.868. The molecule has 2 aromatic rings. The Morgan fingerprint density at radius 1 is 1.24 bits per heavy atom. The maximum atomic E-state index is 5.83. The van der Waals surface area contributed by atoms with Gasteiger partial charge in [-0.05, 0) is 30.3 Å². The van der Waals surface area contributed by atoms with Gasteiger partial charge >= 0.3 is 16.6 Å². The minimum atomic E-state index is -0.280. The Morgan fingerprint density at radius 2 is 1.95 bits per heavy atom. The van der Waals surface area contributed by atoms with Crippen molar-refractivity contribution >= 4 is 25.9 Å². The van der Waals surface area contributed by atoms with Crippen molar-refractivity contribution in [2.24, 2.45) is 0 Å². The molecule has 106 valence electrons. The summed E-state index contributed by atoms with van der Waals surface area (Å²) in [5, 5.41) is 0. The molecular weight excluding hydrogens is 292 g/mol. The molecule has 0 amide bonds. The molecule has 0 aliphatic carbocycles. The van der Waals surface area contributed by atoms with E-state index in [0.717, 1.165) is 29.6 Å². The van der Waals surface area contributed by atoms with Crippen molar-refractivity contribution in [1.29, 1.82) is 0 Å². The number of aryl methyl sites for hydroxylation is 1. The molecular formula is C17H19AlNOP. The fourth-order valence-corrected chi connectivity index (χ4v) is 3.10. The van der Waals surface area contributed by atoms with Crippen LogP contribution in [0.2, 0.25) is 0 Å². The number of benzene rings is 1. The van der Waals surface area contributed by atoms with Crippen molar-refractivity contribution in [3.8, 4) is 5.75 Å². The molecule has 0 bridgehead atoms. The van der Waals surface area contributed by atoms with E-state index in [1.807, 2.05) is 12.1 Å². The molecule has 0 saturated heterocycles. The predicted molar refractivity (Wildman–Crippen MR) is 90.9 cm³/mol. The van der Waals surface area contributed by atoms with Crippen molar-refractivity contribution in [1.82, 2.24) is 4.98 Å². The second-order valence-corrected chi connectivity index (χ2v) is 6.34. The highest BCUT2D eigenvalue weighted by atomic mass is 31.0. The summed E-state index contributed by atoms with van der Waals surface area (Å²) in [5.41, 5.74) is 3.52. The Balaban J connectivity index is 2.56. The summed E-state index contributed by atoms with van der Waals surface area (Å²) in [7, 11) is 2.76. The summed E-state index contributed by atoms with van der Waals surface area (Å²) in [5.74, 6) is 0.916. The number of hydrogen-bond donors (Lipinski definition) is 0. The highest BCUT2D eigenvalue weighted by Gasteiger charge is 2.28. The lowest BCUT2D eigenvalue weighted by Crippen LogP contribution is -2.22. The molecule has 0 aliphatic heterocycles. The number of aromatic nitrogens is 1. The average Bonchev–Trinajstić information content (AvgIpc) is 2.47. The van der Waals surface area contributed by atoms with E-state index in [1.54, 1.807) is 6.07 Å². The van der Waals surface area contributed by atoms with Crippen LogP contribution >= 0.6 is 9.24 Å². The quantitative estimate of drug-likeness (QED) is 0.624. The predicted octanol–water partition coefficient (Wildman–Crippen LogP) is 3.35. The van der Waals surface area contributed by atoms with E-state index in [0.29, 0.717) is 5.69 Å².